The number of hydrogen-bond donors (Lipinski definition) is 0. The summed E-state index contributed by atoms with van der Waals surface area (Å²) in [7, 11) is 2.17. The normalized spacial score (nSPS) is 19.6. The number of rotatable bonds is 3. The van der Waals surface area contributed by atoms with Gasteiger partial charge in [0.15, 0.2) is 6.20 Å². The second-order valence-electron chi connectivity index (χ2n) is 13.1. The zero-order chi connectivity index (χ0) is 25.2. The summed E-state index contributed by atoms with van der Waals surface area (Å²) >= 11 is 0. The van der Waals surface area contributed by atoms with E-state index in [1.54, 1.807) is 0 Å². The molecule has 36 heavy (non-hydrogen) atoms. The molecule has 0 spiro atoms. The lowest BCUT2D eigenvalue weighted by molar-refractivity contribution is -0.660. The van der Waals surface area contributed by atoms with Crippen LogP contribution < -0.4 is 4.57 Å². The Morgan fingerprint density at radius 2 is 1.67 bits per heavy atom. The highest BCUT2D eigenvalue weighted by atomic mass is 16.3. The van der Waals surface area contributed by atoms with E-state index in [1.165, 1.54) is 95.7 Å². The number of furan rings is 1. The average molecular weight is 481 g/mol. The molecule has 4 aromatic rings. The Balaban J connectivity index is 1.56. The number of fused-ring (bicyclic) bond motifs is 5. The standard InChI is InChI=1S/C34H42NO/c1-22-12-13-25-30-28(15-14-26-31(30)34(4,5)18-17-33(26,2)3)36-32(25)29(22)27-21-24(16-19-35(27)6)20-23-10-8-7-9-11-23/h12-16,19,21,23H,7-11,17-18,20H2,1-6H3/q+1. The quantitative estimate of drug-likeness (QED) is 0.268. The maximum atomic E-state index is 6.78. The van der Waals surface area contributed by atoms with Gasteiger partial charge >= 0.3 is 0 Å². The minimum Gasteiger partial charge on any atom is -0.455 e. The van der Waals surface area contributed by atoms with Crippen LogP contribution in [-0.4, -0.2) is 0 Å². The highest BCUT2D eigenvalue weighted by molar-refractivity contribution is 6.12. The number of pyridine rings is 1. The fourth-order valence-electron chi connectivity index (χ4n) is 7.21. The van der Waals surface area contributed by atoms with Gasteiger partial charge in [-0.3, -0.25) is 0 Å². The first-order valence-electron chi connectivity index (χ1n) is 14.1. The van der Waals surface area contributed by atoms with Crippen LogP contribution in [0.1, 0.15) is 94.9 Å². The van der Waals surface area contributed by atoms with E-state index in [9.17, 15) is 0 Å². The number of benzene rings is 2. The SMILES string of the molecule is Cc1ccc2c(oc3ccc4c(c32)C(C)(C)CCC4(C)C)c1-c1cc(CC2CCCCC2)cc[n+]1C. The van der Waals surface area contributed by atoms with E-state index in [2.05, 4.69) is 88.8 Å². The number of aromatic nitrogens is 1. The van der Waals surface area contributed by atoms with Crippen molar-refractivity contribution >= 4 is 21.9 Å². The summed E-state index contributed by atoms with van der Waals surface area (Å²) in [6, 6.07) is 14.0. The second-order valence-corrected chi connectivity index (χ2v) is 13.1. The molecule has 2 aromatic carbocycles. The average Bonchev–Trinajstić information content (AvgIpc) is 3.22. The van der Waals surface area contributed by atoms with Gasteiger partial charge in [-0.15, -0.1) is 0 Å². The first-order chi connectivity index (χ1) is 17.2. The van der Waals surface area contributed by atoms with E-state index in [4.69, 9.17) is 4.42 Å². The summed E-state index contributed by atoms with van der Waals surface area (Å²) < 4.78 is 9.06. The summed E-state index contributed by atoms with van der Waals surface area (Å²) in [5.41, 5.74) is 10.6. The van der Waals surface area contributed by atoms with Crippen molar-refractivity contribution in [1.82, 2.24) is 0 Å². The topological polar surface area (TPSA) is 17.0 Å². The van der Waals surface area contributed by atoms with Crippen molar-refractivity contribution in [2.45, 2.75) is 96.8 Å². The third-order valence-corrected chi connectivity index (χ3v) is 9.51. The number of nitrogens with zero attached hydrogens (tertiary/aromatic N) is 1. The maximum absolute atomic E-state index is 6.78. The molecule has 2 nitrogen and oxygen atoms in total. The summed E-state index contributed by atoms with van der Waals surface area (Å²) in [4.78, 5) is 0. The van der Waals surface area contributed by atoms with Crippen LogP contribution in [0.2, 0.25) is 0 Å². The Kier molecular flexibility index (Phi) is 5.59. The summed E-state index contributed by atoms with van der Waals surface area (Å²) in [5, 5.41) is 2.61. The number of hydrogen-bond acceptors (Lipinski definition) is 1. The van der Waals surface area contributed by atoms with E-state index in [0.717, 1.165) is 17.1 Å². The second kappa shape index (κ2) is 8.47. The monoisotopic (exact) mass is 480 g/mol. The van der Waals surface area contributed by atoms with Gasteiger partial charge in [0.2, 0.25) is 5.69 Å². The Morgan fingerprint density at radius 3 is 2.44 bits per heavy atom. The van der Waals surface area contributed by atoms with Crippen molar-refractivity contribution in [2.24, 2.45) is 13.0 Å². The molecule has 0 aliphatic heterocycles. The fourth-order valence-corrected chi connectivity index (χ4v) is 7.21. The Morgan fingerprint density at radius 1 is 0.917 bits per heavy atom. The van der Waals surface area contributed by atoms with Crippen molar-refractivity contribution in [3.8, 4) is 11.3 Å². The minimum absolute atomic E-state index is 0.136. The van der Waals surface area contributed by atoms with Crippen molar-refractivity contribution in [2.75, 3.05) is 0 Å². The molecule has 1 fully saturated rings. The molecular formula is C34H42NO+. The lowest BCUT2D eigenvalue weighted by atomic mass is 9.62. The molecule has 2 aromatic heterocycles. The van der Waals surface area contributed by atoms with E-state index < -0.39 is 0 Å². The van der Waals surface area contributed by atoms with E-state index in [1.807, 2.05) is 0 Å². The first kappa shape index (κ1) is 23.8. The summed E-state index contributed by atoms with van der Waals surface area (Å²) in [6.45, 7) is 11.9. The zero-order valence-corrected chi connectivity index (χ0v) is 23.1. The van der Waals surface area contributed by atoms with Crippen molar-refractivity contribution in [3.05, 3.63) is 64.8 Å². The molecule has 6 rings (SSSR count). The lowest BCUT2D eigenvalue weighted by Gasteiger charge is -2.42. The molecule has 0 bridgehead atoms. The number of aryl methyl sites for hydroxylation is 2. The predicted octanol–water partition coefficient (Wildman–Crippen LogP) is 8.86. The molecule has 2 aliphatic carbocycles. The van der Waals surface area contributed by atoms with Crippen LogP contribution in [0.15, 0.2) is 47.0 Å². The van der Waals surface area contributed by atoms with Crippen LogP contribution in [-0.2, 0) is 24.3 Å². The lowest BCUT2D eigenvalue weighted by Crippen LogP contribution is -2.33. The van der Waals surface area contributed by atoms with Crippen molar-refractivity contribution in [3.63, 3.8) is 0 Å². The van der Waals surface area contributed by atoms with E-state index in [-0.39, 0.29) is 10.8 Å². The van der Waals surface area contributed by atoms with Gasteiger partial charge in [-0.2, -0.15) is 0 Å². The van der Waals surface area contributed by atoms with Crippen LogP contribution in [0.5, 0.6) is 0 Å². The van der Waals surface area contributed by atoms with Gasteiger partial charge in [-0.25, -0.2) is 4.57 Å². The molecular weight excluding hydrogens is 438 g/mol. The fraction of sp³-hybridized carbons (Fsp3) is 0.500. The molecule has 2 aliphatic rings. The molecule has 0 saturated heterocycles. The maximum Gasteiger partial charge on any atom is 0.216 e. The van der Waals surface area contributed by atoms with Gasteiger partial charge in [0.25, 0.3) is 0 Å². The molecule has 0 radical (unpaired) electrons. The molecule has 0 amide bonds. The van der Waals surface area contributed by atoms with Crippen molar-refractivity contribution < 1.29 is 8.98 Å². The highest BCUT2D eigenvalue weighted by Gasteiger charge is 2.39. The minimum atomic E-state index is 0.136. The zero-order valence-electron chi connectivity index (χ0n) is 23.1. The molecule has 0 atom stereocenters. The molecule has 2 heterocycles. The van der Waals surface area contributed by atoms with Gasteiger partial charge in [0.05, 0.1) is 5.56 Å². The van der Waals surface area contributed by atoms with Crippen LogP contribution >= 0.6 is 0 Å². The summed E-state index contributed by atoms with van der Waals surface area (Å²) in [5.74, 6) is 0.833. The molecule has 0 N–H and O–H groups in total. The van der Waals surface area contributed by atoms with Crippen LogP contribution in [0.4, 0.5) is 0 Å². The van der Waals surface area contributed by atoms with E-state index in [0.29, 0.717) is 0 Å². The largest absolute Gasteiger partial charge is 0.455 e. The third kappa shape index (κ3) is 3.80. The van der Waals surface area contributed by atoms with Crippen molar-refractivity contribution in [1.29, 1.82) is 0 Å². The van der Waals surface area contributed by atoms with Crippen LogP contribution in [0, 0.1) is 12.8 Å². The molecule has 0 unspecified atom stereocenters. The molecule has 2 heteroatoms. The Bertz CT molecular complexity index is 1460. The van der Waals surface area contributed by atoms with Gasteiger partial charge in [0.1, 0.15) is 18.2 Å². The van der Waals surface area contributed by atoms with Crippen LogP contribution in [0.25, 0.3) is 33.2 Å². The first-order valence-corrected chi connectivity index (χ1v) is 14.1. The van der Waals surface area contributed by atoms with Crippen LogP contribution in [0.3, 0.4) is 0 Å². The van der Waals surface area contributed by atoms with Gasteiger partial charge in [-0.1, -0.05) is 78.0 Å². The summed E-state index contributed by atoms with van der Waals surface area (Å²) in [6.07, 6.45) is 12.8. The van der Waals surface area contributed by atoms with Gasteiger partial charge in [-0.05, 0) is 71.3 Å². The highest BCUT2D eigenvalue weighted by Crippen LogP contribution is 2.51. The smallest absolute Gasteiger partial charge is 0.216 e. The third-order valence-electron chi connectivity index (χ3n) is 9.51. The Labute approximate surface area is 216 Å². The molecule has 1 saturated carbocycles. The molecule has 188 valence electrons. The van der Waals surface area contributed by atoms with Gasteiger partial charge < -0.3 is 4.42 Å². The van der Waals surface area contributed by atoms with Gasteiger partial charge in [0, 0.05) is 22.9 Å². The van der Waals surface area contributed by atoms with E-state index >= 15 is 0 Å². The Hall–Kier alpha value is -2.61. The predicted molar refractivity (Wildman–Crippen MR) is 151 cm³/mol.